The Kier molecular flexibility index (Phi) is 25.4. The normalized spacial score (nSPS) is 35.8. The highest BCUT2D eigenvalue weighted by atomic mass is 16.4. The minimum absolute atomic E-state index is 0.150. The fourth-order valence-corrected chi connectivity index (χ4v) is 29.4. The molecule has 12 heterocycles. The molecule has 6 unspecified atom stereocenters. The van der Waals surface area contributed by atoms with Crippen LogP contribution in [0.25, 0.3) is 33.1 Å². The van der Waals surface area contributed by atoms with Crippen molar-refractivity contribution in [3.8, 4) is 0 Å². The molecule has 15 fully saturated rings. The third-order valence-corrected chi connectivity index (χ3v) is 33.9. The average Bonchev–Trinajstić information content (AvgIpc) is 1.74. The highest BCUT2D eigenvalue weighted by Gasteiger charge is 2.50. The van der Waals surface area contributed by atoms with Gasteiger partial charge in [-0.25, -0.2) is 15.0 Å². The third kappa shape index (κ3) is 18.4. The van der Waals surface area contributed by atoms with Crippen LogP contribution in [0.3, 0.4) is 0 Å². The molecule has 636 valence electrons. The number of rotatable bonds is 20. The van der Waals surface area contributed by atoms with Crippen LogP contribution in [-0.4, -0.2) is 204 Å². The Morgan fingerprint density at radius 2 is 0.641 bits per heavy atom. The predicted molar refractivity (Wildman–Crippen MR) is 465 cm³/mol. The fraction of sp³-hybridized carbons (Fsp3) is 0.758. The second kappa shape index (κ2) is 36.7. The van der Waals surface area contributed by atoms with Crippen molar-refractivity contribution in [3.05, 3.63) is 90.3 Å². The first-order valence-corrected chi connectivity index (χ1v) is 48.9. The number of piperidine rings is 7. The Balaban J connectivity index is 0.000000117. The summed E-state index contributed by atoms with van der Waals surface area (Å²) in [5, 5.41) is 27.8. The number of aliphatic carboxylic acids is 3. The summed E-state index contributed by atoms with van der Waals surface area (Å²) in [6, 6.07) is 35.1. The van der Waals surface area contributed by atoms with E-state index in [1.54, 1.807) is 0 Å². The van der Waals surface area contributed by atoms with E-state index in [0.29, 0.717) is 55.1 Å². The molecular formula is C99H144N12O6. The molecule has 18 nitrogen and oxygen atoms in total. The van der Waals surface area contributed by atoms with Crippen LogP contribution in [0.15, 0.2) is 72.8 Å². The van der Waals surface area contributed by atoms with Gasteiger partial charge in [0.25, 0.3) is 0 Å². The summed E-state index contributed by atoms with van der Waals surface area (Å²) in [4.78, 5) is 65.6. The number of carbonyl (C=O) groups is 3. The number of imidazole rings is 3. The topological polar surface area (TPSA) is 185 Å². The molecule has 6 aliphatic carbocycles. The molecule has 18 heteroatoms. The van der Waals surface area contributed by atoms with Crippen molar-refractivity contribution in [2.45, 2.75) is 374 Å². The van der Waals surface area contributed by atoms with Crippen LogP contribution >= 0.6 is 0 Å². The van der Waals surface area contributed by atoms with E-state index in [9.17, 15) is 24.6 Å². The SMILES string of the molecule is O=C(O)CCN1CCC[C@@H](Cc2nc3ccccc3n2C2C[C@H]3CCC[C@@H](C2)N3C2C[C@H]3CCCC[C@@H](C2)C3)C1.O=C(O)CCN1CC[C@@H](Cc2nc3ccccc3n2C2C[C@H]3CCC[C@@H](C2)N3C2C[C@H]3CCCC[C@@H](C2)C3)C1.O=C(O)CN1CCC[C@H]1Cc1nc2ccccc2n1C1C[C@H]2CCC[C@@H](C1)N2C1C[C@H]2CCCC[C@@H](C1)C2. The van der Waals surface area contributed by atoms with Crippen LogP contribution in [0.5, 0.6) is 0 Å². The maximum Gasteiger partial charge on any atom is 0.317 e. The lowest BCUT2D eigenvalue weighted by atomic mass is 9.73. The summed E-state index contributed by atoms with van der Waals surface area (Å²) in [6.07, 6.45) is 60.1. The molecule has 21 rings (SSSR count). The van der Waals surface area contributed by atoms with Crippen LogP contribution in [0, 0.1) is 47.3 Å². The van der Waals surface area contributed by atoms with Gasteiger partial charge in [0, 0.05) is 124 Å². The van der Waals surface area contributed by atoms with Crippen molar-refractivity contribution >= 4 is 51.0 Å². The molecule has 9 saturated heterocycles. The zero-order valence-electron chi connectivity index (χ0n) is 71.2. The average molecular weight is 1600 g/mol. The van der Waals surface area contributed by atoms with Gasteiger partial charge in [-0.05, 0) is 270 Å². The molecule has 15 aliphatic rings. The number of hydrogen-bond donors (Lipinski definition) is 3. The van der Waals surface area contributed by atoms with E-state index in [4.69, 9.17) is 20.1 Å². The molecule has 0 amide bonds. The van der Waals surface area contributed by atoms with E-state index in [2.05, 4.69) is 116 Å². The Morgan fingerprint density at radius 1 is 0.308 bits per heavy atom. The molecule has 3 aromatic heterocycles. The van der Waals surface area contributed by atoms with Gasteiger partial charge in [-0.1, -0.05) is 133 Å². The van der Waals surface area contributed by atoms with E-state index >= 15 is 0 Å². The summed E-state index contributed by atoms with van der Waals surface area (Å²) in [5.41, 5.74) is 7.35. The van der Waals surface area contributed by atoms with Gasteiger partial charge < -0.3 is 38.8 Å². The van der Waals surface area contributed by atoms with Gasteiger partial charge in [0.2, 0.25) is 0 Å². The number of benzene rings is 3. The van der Waals surface area contributed by atoms with Gasteiger partial charge in [0.05, 0.1) is 52.5 Å². The molecule has 0 spiro atoms. The Labute approximate surface area is 698 Å². The summed E-state index contributed by atoms with van der Waals surface area (Å²) < 4.78 is 7.99. The van der Waals surface area contributed by atoms with Crippen LogP contribution < -0.4 is 0 Å². The molecule has 6 saturated carbocycles. The van der Waals surface area contributed by atoms with Crippen LogP contribution in [0.2, 0.25) is 0 Å². The van der Waals surface area contributed by atoms with Crippen LogP contribution in [-0.2, 0) is 33.6 Å². The molecule has 117 heavy (non-hydrogen) atoms. The predicted octanol–water partition coefficient (Wildman–Crippen LogP) is 19.0. The summed E-state index contributed by atoms with van der Waals surface area (Å²) in [6.45, 7) is 6.45. The van der Waals surface area contributed by atoms with E-state index < -0.39 is 17.9 Å². The number of carboxylic acid groups (broad SMARTS) is 3. The van der Waals surface area contributed by atoms with Crippen molar-refractivity contribution in [2.75, 3.05) is 52.4 Å². The number of aromatic nitrogens is 6. The summed E-state index contributed by atoms with van der Waals surface area (Å²) >= 11 is 0. The van der Waals surface area contributed by atoms with Gasteiger partial charge in [-0.3, -0.25) is 34.0 Å². The maximum absolute atomic E-state index is 11.5. The molecular weight excluding hydrogens is 1450 g/mol. The van der Waals surface area contributed by atoms with Gasteiger partial charge >= 0.3 is 17.9 Å². The number of carboxylic acids is 3. The lowest BCUT2D eigenvalue weighted by molar-refractivity contribution is -0.139. The van der Waals surface area contributed by atoms with E-state index in [1.165, 1.54) is 272 Å². The quantitative estimate of drug-likeness (QED) is 0.0655. The van der Waals surface area contributed by atoms with Crippen LogP contribution in [0.4, 0.5) is 0 Å². The van der Waals surface area contributed by atoms with Crippen molar-refractivity contribution in [2.24, 2.45) is 47.3 Å². The first-order chi connectivity index (χ1) is 57.3. The van der Waals surface area contributed by atoms with Crippen LogP contribution in [0.1, 0.15) is 312 Å². The zero-order valence-corrected chi connectivity index (χ0v) is 71.2. The minimum Gasteiger partial charge on any atom is -0.481 e. The van der Waals surface area contributed by atoms with Crippen molar-refractivity contribution in [1.29, 1.82) is 0 Å². The summed E-state index contributed by atoms with van der Waals surface area (Å²) in [7, 11) is 0. The lowest BCUT2D eigenvalue weighted by Crippen LogP contribution is -2.58. The third-order valence-electron chi connectivity index (χ3n) is 33.9. The smallest absolute Gasteiger partial charge is 0.317 e. The standard InChI is InChI=1S/C34H50N4O2.C33H48N4O2.C32H46N4O2/c39-34(40)14-16-36-15-6-9-26(23-36)20-33-35-31-12-3-4-13-32(31)38(33)30-21-27-10-5-11-28(22-30)37(27)29-18-24-7-1-2-8-25(17-24)19-29;38-33(39)13-15-35-14-12-25(22-35)19-32-34-30-10-3-4-11-31(30)37(32)29-20-26-8-5-9-27(21-29)36(26)28-17-23-6-1-2-7-24(16-23)18-28;37-32(38)21-34-14-6-11-24(34)20-31-33-29-12-3-4-13-30(29)36(31)28-18-25-9-5-10-26(19-28)35(25)27-16-22-7-1-2-8-23(15-22)17-27/h3-4,12-13,24-30H,1-2,5-11,14-23H2,(H,39,40);3-4,10-11,23-29H,1-2,5-9,12-22H2,(H,38,39);3-4,12-13,22-28H,1-2,5-11,14-21H2,(H,37,38)/t24-,25+,26-,27-,28+,29?,30?;23-,24+,25-,26-,27+,28?,29?;22-,23+,24-,25-,26+,27?,28?/m000/s1. The van der Waals surface area contributed by atoms with Crippen molar-refractivity contribution in [1.82, 2.24) is 58.1 Å². The highest BCUT2D eigenvalue weighted by molar-refractivity contribution is 5.78. The van der Waals surface area contributed by atoms with Gasteiger partial charge in [0.15, 0.2) is 0 Å². The first-order valence-electron chi connectivity index (χ1n) is 48.9. The van der Waals surface area contributed by atoms with Crippen molar-refractivity contribution < 1.29 is 29.7 Å². The second-order valence-corrected chi connectivity index (χ2v) is 41.5. The largest absolute Gasteiger partial charge is 0.481 e. The first kappa shape index (κ1) is 80.9. The monoisotopic (exact) mass is 1600 g/mol. The number of likely N-dealkylation sites (tertiary alicyclic amines) is 3. The molecule has 6 aromatic rings. The number of para-hydroxylation sites is 6. The molecule has 0 radical (unpaired) electrons. The number of fused-ring (bicyclic) bond motifs is 15. The van der Waals surface area contributed by atoms with E-state index in [0.717, 1.165) is 172 Å². The molecule has 9 aliphatic heterocycles. The zero-order chi connectivity index (χ0) is 79.0. The minimum atomic E-state index is -0.715. The number of hydrogen-bond acceptors (Lipinski definition) is 12. The Hall–Kier alpha value is -5.76. The Morgan fingerprint density at radius 3 is 1.00 bits per heavy atom. The van der Waals surface area contributed by atoms with E-state index in [1.807, 2.05) is 0 Å². The second-order valence-electron chi connectivity index (χ2n) is 41.5. The van der Waals surface area contributed by atoms with Gasteiger partial charge in [-0.2, -0.15) is 0 Å². The number of nitrogens with zero attached hydrogens (tertiary/aromatic N) is 12. The fourth-order valence-electron chi connectivity index (χ4n) is 29.4. The molecule has 3 aromatic carbocycles. The Bertz CT molecular complexity index is 4260. The maximum atomic E-state index is 11.5. The molecule has 12 bridgehead atoms. The molecule has 3 N–H and O–H groups in total. The van der Waals surface area contributed by atoms with Gasteiger partial charge in [-0.15, -0.1) is 0 Å². The summed E-state index contributed by atoms with van der Waals surface area (Å²) in [5.74, 6) is 8.68. The molecule has 21 atom stereocenters. The van der Waals surface area contributed by atoms with E-state index in [-0.39, 0.29) is 25.4 Å². The van der Waals surface area contributed by atoms with Gasteiger partial charge in [0.1, 0.15) is 17.5 Å². The van der Waals surface area contributed by atoms with Crippen molar-refractivity contribution in [3.63, 3.8) is 0 Å². The lowest BCUT2D eigenvalue weighted by Gasteiger charge is -2.54. The highest BCUT2D eigenvalue weighted by Crippen LogP contribution is 2.53.